The smallest absolute Gasteiger partial charge is 0.255 e. The van der Waals surface area contributed by atoms with Crippen molar-refractivity contribution in [2.45, 2.75) is 38.6 Å². The minimum atomic E-state index is 0.0847. The first-order valence-corrected chi connectivity index (χ1v) is 10.8. The number of rotatable bonds is 6. The largest absolute Gasteiger partial charge is 0.396 e. The van der Waals surface area contributed by atoms with Crippen molar-refractivity contribution >= 4 is 11.7 Å². The van der Waals surface area contributed by atoms with E-state index in [9.17, 15) is 9.90 Å². The number of hydrogen-bond acceptors (Lipinski definition) is 5. The van der Waals surface area contributed by atoms with Crippen LogP contribution in [0.25, 0.3) is 0 Å². The number of pyridine rings is 1. The Morgan fingerprint density at radius 2 is 2.00 bits per heavy atom. The third-order valence-electron chi connectivity index (χ3n) is 6.32. The summed E-state index contributed by atoms with van der Waals surface area (Å²) in [6.07, 6.45) is 10.9. The van der Waals surface area contributed by atoms with Crippen molar-refractivity contribution < 1.29 is 9.90 Å². The van der Waals surface area contributed by atoms with Crippen LogP contribution in [-0.4, -0.2) is 63.5 Å². The van der Waals surface area contributed by atoms with E-state index in [-0.39, 0.29) is 12.5 Å². The first-order chi connectivity index (χ1) is 14.2. The summed E-state index contributed by atoms with van der Waals surface area (Å²) < 4.78 is 1.98. The molecule has 0 aliphatic carbocycles. The summed E-state index contributed by atoms with van der Waals surface area (Å²) in [5.74, 6) is 1.96. The van der Waals surface area contributed by atoms with Crippen molar-refractivity contribution in [3.05, 3.63) is 42.4 Å². The number of piperidine rings is 2. The summed E-state index contributed by atoms with van der Waals surface area (Å²) in [4.78, 5) is 21.6. The van der Waals surface area contributed by atoms with E-state index in [2.05, 4.69) is 15.0 Å². The number of aryl methyl sites for hydroxylation is 1. The third-order valence-corrected chi connectivity index (χ3v) is 6.32. The molecule has 1 amide bonds. The van der Waals surface area contributed by atoms with Crippen LogP contribution >= 0.6 is 0 Å². The first kappa shape index (κ1) is 19.9. The van der Waals surface area contributed by atoms with Gasteiger partial charge in [-0.1, -0.05) is 0 Å². The van der Waals surface area contributed by atoms with Gasteiger partial charge in [-0.3, -0.25) is 9.48 Å². The number of aliphatic hydroxyl groups excluding tert-OH is 1. The maximum absolute atomic E-state index is 12.9. The molecule has 2 saturated heterocycles. The van der Waals surface area contributed by atoms with Gasteiger partial charge in [0.2, 0.25) is 0 Å². The summed E-state index contributed by atoms with van der Waals surface area (Å²) in [6.45, 7) is 4.60. The molecule has 29 heavy (non-hydrogen) atoms. The van der Waals surface area contributed by atoms with Crippen molar-refractivity contribution in [2.75, 3.05) is 37.7 Å². The fraction of sp³-hybridized carbons (Fsp3) is 0.591. The molecule has 2 aromatic heterocycles. The van der Waals surface area contributed by atoms with Crippen LogP contribution in [-0.2, 0) is 6.54 Å². The van der Waals surface area contributed by atoms with E-state index in [1.165, 1.54) is 0 Å². The molecule has 0 spiro atoms. The molecule has 0 unspecified atom stereocenters. The van der Waals surface area contributed by atoms with E-state index in [4.69, 9.17) is 0 Å². The molecule has 2 aliphatic rings. The molecule has 0 bridgehead atoms. The number of likely N-dealkylation sites (tertiary alicyclic amines) is 1. The van der Waals surface area contributed by atoms with Crippen molar-refractivity contribution in [1.29, 1.82) is 0 Å². The third kappa shape index (κ3) is 4.96. The molecule has 0 aromatic carbocycles. The summed E-state index contributed by atoms with van der Waals surface area (Å²) in [5, 5.41) is 13.7. The highest BCUT2D eigenvalue weighted by molar-refractivity contribution is 5.94. The second kappa shape index (κ2) is 9.39. The van der Waals surface area contributed by atoms with Gasteiger partial charge < -0.3 is 14.9 Å². The fourth-order valence-electron chi connectivity index (χ4n) is 4.48. The number of anilines is 1. The summed E-state index contributed by atoms with van der Waals surface area (Å²) in [5.41, 5.74) is 0.666. The molecule has 1 N–H and O–H groups in total. The summed E-state index contributed by atoms with van der Waals surface area (Å²) in [7, 11) is 0. The Labute approximate surface area is 172 Å². The number of carbonyl (C=O) groups is 1. The molecular weight excluding hydrogens is 366 g/mol. The Morgan fingerprint density at radius 3 is 2.69 bits per heavy atom. The lowest BCUT2D eigenvalue weighted by atomic mass is 9.93. The number of aliphatic hydroxyl groups is 1. The number of carbonyl (C=O) groups excluding carboxylic acids is 1. The zero-order valence-electron chi connectivity index (χ0n) is 17.0. The van der Waals surface area contributed by atoms with Crippen LogP contribution in [0.3, 0.4) is 0 Å². The van der Waals surface area contributed by atoms with Crippen molar-refractivity contribution in [3.8, 4) is 0 Å². The van der Waals surface area contributed by atoms with Gasteiger partial charge in [-0.05, 0) is 62.1 Å². The molecule has 7 heteroatoms. The van der Waals surface area contributed by atoms with Gasteiger partial charge in [0.1, 0.15) is 5.82 Å². The number of amides is 1. The van der Waals surface area contributed by atoms with Crippen LogP contribution in [0.2, 0.25) is 0 Å². The minimum Gasteiger partial charge on any atom is -0.396 e. The Morgan fingerprint density at radius 1 is 1.14 bits per heavy atom. The monoisotopic (exact) mass is 397 g/mol. The quantitative estimate of drug-likeness (QED) is 0.810. The standard InChI is InChI=1S/C22H31N5O2/c28-17-19-3-1-10-26(16-19)21-5-4-20(15-23-21)22(29)25-12-6-18(7-13-25)8-14-27-11-2-9-24-27/h2,4-5,9,11,15,18-19,28H,1,3,6-8,10,12-14,16-17H2/t19-/m1/s1. The van der Waals surface area contributed by atoms with E-state index in [1.54, 1.807) is 6.20 Å². The molecule has 2 aliphatic heterocycles. The molecule has 4 heterocycles. The van der Waals surface area contributed by atoms with Crippen LogP contribution in [0.4, 0.5) is 5.82 Å². The molecule has 2 fully saturated rings. The molecule has 4 rings (SSSR count). The average Bonchev–Trinajstić information content (AvgIpc) is 3.31. The molecule has 1 atom stereocenters. The second-order valence-corrected chi connectivity index (χ2v) is 8.34. The van der Waals surface area contributed by atoms with Gasteiger partial charge in [-0.25, -0.2) is 4.98 Å². The fourth-order valence-corrected chi connectivity index (χ4v) is 4.48. The molecular formula is C22H31N5O2. The topological polar surface area (TPSA) is 74.5 Å². The number of hydrogen-bond donors (Lipinski definition) is 1. The molecule has 156 valence electrons. The van der Waals surface area contributed by atoms with E-state index >= 15 is 0 Å². The van der Waals surface area contributed by atoms with Gasteiger partial charge in [0.25, 0.3) is 5.91 Å². The van der Waals surface area contributed by atoms with Crippen LogP contribution in [0, 0.1) is 11.8 Å². The molecule has 0 radical (unpaired) electrons. The summed E-state index contributed by atoms with van der Waals surface area (Å²) in [6, 6.07) is 5.80. The number of aromatic nitrogens is 3. The lowest BCUT2D eigenvalue weighted by Gasteiger charge is -2.33. The van der Waals surface area contributed by atoms with Crippen LogP contribution in [0.15, 0.2) is 36.8 Å². The Hall–Kier alpha value is -2.41. The predicted molar refractivity (Wildman–Crippen MR) is 112 cm³/mol. The Kier molecular flexibility index (Phi) is 6.44. The minimum absolute atomic E-state index is 0.0847. The van der Waals surface area contributed by atoms with Gasteiger partial charge in [0, 0.05) is 57.9 Å². The normalized spacial score (nSPS) is 20.8. The SMILES string of the molecule is O=C(c1ccc(N2CCC[C@@H](CO)C2)nc1)N1CCC(CCn2cccn2)CC1. The maximum Gasteiger partial charge on any atom is 0.255 e. The Bertz CT molecular complexity index is 769. The first-order valence-electron chi connectivity index (χ1n) is 10.8. The molecule has 0 saturated carbocycles. The van der Waals surface area contributed by atoms with Gasteiger partial charge in [-0.15, -0.1) is 0 Å². The number of nitrogens with zero attached hydrogens (tertiary/aromatic N) is 5. The average molecular weight is 398 g/mol. The molecule has 7 nitrogen and oxygen atoms in total. The predicted octanol–water partition coefficient (Wildman–Crippen LogP) is 2.43. The molecule has 2 aromatic rings. The van der Waals surface area contributed by atoms with E-state index in [0.29, 0.717) is 17.4 Å². The van der Waals surface area contributed by atoms with E-state index in [1.807, 2.05) is 40.2 Å². The second-order valence-electron chi connectivity index (χ2n) is 8.34. The lowest BCUT2D eigenvalue weighted by molar-refractivity contribution is 0.0684. The van der Waals surface area contributed by atoms with E-state index < -0.39 is 0 Å². The highest BCUT2D eigenvalue weighted by Crippen LogP contribution is 2.24. The zero-order valence-corrected chi connectivity index (χ0v) is 17.0. The van der Waals surface area contributed by atoms with Crippen molar-refractivity contribution in [2.24, 2.45) is 11.8 Å². The zero-order chi connectivity index (χ0) is 20.1. The highest BCUT2D eigenvalue weighted by Gasteiger charge is 2.25. The van der Waals surface area contributed by atoms with Crippen molar-refractivity contribution in [1.82, 2.24) is 19.7 Å². The lowest BCUT2D eigenvalue weighted by Crippen LogP contribution is -2.39. The van der Waals surface area contributed by atoms with Crippen LogP contribution < -0.4 is 4.90 Å². The Balaban J connectivity index is 1.27. The van der Waals surface area contributed by atoms with Crippen LogP contribution in [0.5, 0.6) is 0 Å². The summed E-state index contributed by atoms with van der Waals surface area (Å²) >= 11 is 0. The maximum atomic E-state index is 12.9. The van der Waals surface area contributed by atoms with E-state index in [0.717, 1.165) is 70.6 Å². The van der Waals surface area contributed by atoms with Crippen LogP contribution in [0.1, 0.15) is 42.5 Å². The highest BCUT2D eigenvalue weighted by atomic mass is 16.3. The van der Waals surface area contributed by atoms with Gasteiger partial charge in [0.05, 0.1) is 5.56 Å². The van der Waals surface area contributed by atoms with Gasteiger partial charge in [0.15, 0.2) is 0 Å². The van der Waals surface area contributed by atoms with Crippen molar-refractivity contribution in [3.63, 3.8) is 0 Å². The van der Waals surface area contributed by atoms with Gasteiger partial charge in [-0.2, -0.15) is 5.10 Å². The van der Waals surface area contributed by atoms with Gasteiger partial charge >= 0.3 is 0 Å².